The highest BCUT2D eigenvalue weighted by Gasteiger charge is 2.43. The molecule has 6 nitrogen and oxygen atoms in total. The fraction of sp³-hybridized carbons (Fsp3) is 0.944. The van der Waals surface area contributed by atoms with E-state index in [0.29, 0.717) is 12.5 Å². The Kier molecular flexibility index (Phi) is 6.00. The van der Waals surface area contributed by atoms with Gasteiger partial charge >= 0.3 is 6.03 Å². The van der Waals surface area contributed by atoms with Gasteiger partial charge in [0.15, 0.2) is 0 Å². The molecule has 3 heterocycles. The number of piperidine rings is 1. The molecule has 2 amide bonds. The van der Waals surface area contributed by atoms with Crippen LogP contribution >= 0.6 is 0 Å². The number of likely N-dealkylation sites (tertiary alicyclic amines) is 1. The maximum atomic E-state index is 12.0. The Bertz CT molecular complexity index is 415. The molecule has 138 valence electrons. The summed E-state index contributed by atoms with van der Waals surface area (Å²) >= 11 is 0. The number of carbonyl (C=O) groups is 1. The number of nitrogens with zero attached hydrogens (tertiary/aromatic N) is 2. The minimum Gasteiger partial charge on any atom is -0.381 e. The van der Waals surface area contributed by atoms with Crippen LogP contribution < -0.4 is 0 Å². The van der Waals surface area contributed by atoms with E-state index < -0.39 is 0 Å². The van der Waals surface area contributed by atoms with Crippen LogP contribution in [0.5, 0.6) is 0 Å². The third-order valence-corrected chi connectivity index (χ3v) is 5.76. The van der Waals surface area contributed by atoms with Crippen LogP contribution in [0.25, 0.3) is 0 Å². The molecule has 6 heteroatoms. The van der Waals surface area contributed by atoms with E-state index in [9.17, 15) is 4.79 Å². The first-order valence-electron chi connectivity index (χ1n) is 9.31. The molecule has 3 fully saturated rings. The Morgan fingerprint density at radius 2 is 1.92 bits per heavy atom. The number of amides is 2. The minimum absolute atomic E-state index is 0.125. The molecule has 0 aromatic heterocycles. The van der Waals surface area contributed by atoms with E-state index in [1.807, 2.05) is 19.0 Å². The zero-order chi connectivity index (χ0) is 17.0. The largest absolute Gasteiger partial charge is 0.381 e. The van der Waals surface area contributed by atoms with Crippen LogP contribution in [0.15, 0.2) is 0 Å². The Morgan fingerprint density at radius 3 is 2.58 bits per heavy atom. The molecule has 0 radical (unpaired) electrons. The van der Waals surface area contributed by atoms with E-state index in [1.54, 1.807) is 4.90 Å². The van der Waals surface area contributed by atoms with E-state index in [0.717, 1.165) is 71.6 Å². The lowest BCUT2D eigenvalue weighted by molar-refractivity contribution is -0.0182. The van der Waals surface area contributed by atoms with Gasteiger partial charge in [-0.15, -0.1) is 0 Å². The van der Waals surface area contributed by atoms with Crippen LogP contribution in [0.2, 0.25) is 0 Å². The Morgan fingerprint density at radius 1 is 1.21 bits per heavy atom. The second-order valence-corrected chi connectivity index (χ2v) is 7.89. The molecular formula is C18H32N2O4. The summed E-state index contributed by atoms with van der Waals surface area (Å²) in [7, 11) is 3.63. The number of hydrogen-bond acceptors (Lipinski definition) is 4. The third kappa shape index (κ3) is 4.41. The fourth-order valence-electron chi connectivity index (χ4n) is 4.09. The van der Waals surface area contributed by atoms with Crippen molar-refractivity contribution >= 4 is 6.03 Å². The summed E-state index contributed by atoms with van der Waals surface area (Å²) in [5.74, 6) is 0.648. The highest BCUT2D eigenvalue weighted by molar-refractivity contribution is 5.73. The van der Waals surface area contributed by atoms with Gasteiger partial charge in [0, 0.05) is 47.0 Å². The van der Waals surface area contributed by atoms with Crippen molar-refractivity contribution in [3.63, 3.8) is 0 Å². The van der Waals surface area contributed by atoms with Gasteiger partial charge in [-0.05, 0) is 43.4 Å². The van der Waals surface area contributed by atoms with Crippen molar-refractivity contribution in [3.8, 4) is 0 Å². The summed E-state index contributed by atoms with van der Waals surface area (Å²) < 4.78 is 17.3. The molecule has 1 atom stereocenters. The van der Waals surface area contributed by atoms with Crippen LogP contribution in [0, 0.1) is 11.3 Å². The number of carbonyl (C=O) groups excluding carboxylic acids is 1. The highest BCUT2D eigenvalue weighted by Crippen LogP contribution is 2.42. The molecule has 3 aliphatic heterocycles. The Hall–Kier alpha value is -0.850. The molecule has 3 aliphatic rings. The molecule has 0 bridgehead atoms. The smallest absolute Gasteiger partial charge is 0.319 e. The van der Waals surface area contributed by atoms with Gasteiger partial charge in [0.1, 0.15) is 0 Å². The lowest BCUT2D eigenvalue weighted by atomic mass is 9.77. The van der Waals surface area contributed by atoms with E-state index in [2.05, 4.69) is 0 Å². The first-order chi connectivity index (χ1) is 11.6. The molecule has 0 saturated carbocycles. The van der Waals surface area contributed by atoms with Crippen LogP contribution in [0.4, 0.5) is 4.79 Å². The zero-order valence-electron chi connectivity index (χ0n) is 15.2. The van der Waals surface area contributed by atoms with Gasteiger partial charge in [-0.3, -0.25) is 0 Å². The van der Waals surface area contributed by atoms with Gasteiger partial charge in [-0.25, -0.2) is 4.79 Å². The molecule has 0 N–H and O–H groups in total. The van der Waals surface area contributed by atoms with Crippen molar-refractivity contribution in [2.45, 2.75) is 38.2 Å². The zero-order valence-corrected chi connectivity index (χ0v) is 15.2. The first-order valence-corrected chi connectivity index (χ1v) is 9.31. The van der Waals surface area contributed by atoms with Crippen molar-refractivity contribution < 1.29 is 19.0 Å². The predicted octanol–water partition coefficient (Wildman–Crippen LogP) is 1.98. The van der Waals surface area contributed by atoms with Crippen molar-refractivity contribution in [1.82, 2.24) is 9.80 Å². The molecule has 3 rings (SSSR count). The molecule has 3 saturated heterocycles. The Labute approximate surface area is 145 Å². The van der Waals surface area contributed by atoms with Crippen LogP contribution in [0.3, 0.4) is 0 Å². The molecule has 0 aromatic rings. The van der Waals surface area contributed by atoms with Crippen molar-refractivity contribution in [2.24, 2.45) is 11.3 Å². The van der Waals surface area contributed by atoms with Gasteiger partial charge in [0.25, 0.3) is 0 Å². The lowest BCUT2D eigenvalue weighted by Crippen LogP contribution is -2.47. The number of ether oxygens (including phenoxy) is 3. The summed E-state index contributed by atoms with van der Waals surface area (Å²) in [5.41, 5.74) is 0.260. The Balaban J connectivity index is 1.37. The van der Waals surface area contributed by atoms with E-state index in [1.165, 1.54) is 0 Å². The second-order valence-electron chi connectivity index (χ2n) is 7.89. The summed E-state index contributed by atoms with van der Waals surface area (Å²) in [4.78, 5) is 15.7. The summed E-state index contributed by atoms with van der Waals surface area (Å²) in [6, 6.07) is 0.125. The molecular weight excluding hydrogens is 308 g/mol. The number of rotatable bonds is 4. The standard InChI is InChI=1S/C18H32N2O4/c1-19(2)17(21)20-7-5-18(6-8-20)11-16(24-14-18)13-23-12-15-3-9-22-10-4-15/h15-16H,3-14H2,1-2H3. The quantitative estimate of drug-likeness (QED) is 0.785. The van der Waals surface area contributed by atoms with Gasteiger partial charge in [0.05, 0.1) is 19.3 Å². The van der Waals surface area contributed by atoms with Gasteiger partial charge in [-0.2, -0.15) is 0 Å². The average Bonchev–Trinajstić information content (AvgIpc) is 2.98. The summed E-state index contributed by atoms with van der Waals surface area (Å²) in [5, 5.41) is 0. The van der Waals surface area contributed by atoms with Crippen LogP contribution in [-0.4, -0.2) is 82.2 Å². The molecule has 1 spiro atoms. The minimum atomic E-state index is 0.125. The monoisotopic (exact) mass is 340 g/mol. The topological polar surface area (TPSA) is 51.2 Å². The second kappa shape index (κ2) is 8.02. The average molecular weight is 340 g/mol. The predicted molar refractivity (Wildman–Crippen MR) is 91.0 cm³/mol. The normalized spacial score (nSPS) is 27.6. The first kappa shape index (κ1) is 18.0. The number of urea groups is 1. The van der Waals surface area contributed by atoms with Crippen molar-refractivity contribution in [3.05, 3.63) is 0 Å². The van der Waals surface area contributed by atoms with Crippen molar-refractivity contribution in [1.29, 1.82) is 0 Å². The summed E-state index contributed by atoms with van der Waals surface area (Å²) in [6.45, 7) is 5.80. The van der Waals surface area contributed by atoms with Gasteiger partial charge in [0.2, 0.25) is 0 Å². The highest BCUT2D eigenvalue weighted by atomic mass is 16.5. The van der Waals surface area contributed by atoms with Crippen LogP contribution in [0.1, 0.15) is 32.1 Å². The lowest BCUT2D eigenvalue weighted by Gasteiger charge is -2.39. The van der Waals surface area contributed by atoms with Crippen LogP contribution in [-0.2, 0) is 14.2 Å². The number of hydrogen-bond donors (Lipinski definition) is 0. The maximum Gasteiger partial charge on any atom is 0.319 e. The molecule has 0 aliphatic carbocycles. The summed E-state index contributed by atoms with van der Waals surface area (Å²) in [6.07, 6.45) is 5.62. The fourth-order valence-corrected chi connectivity index (χ4v) is 4.09. The van der Waals surface area contributed by atoms with Crippen molar-refractivity contribution in [2.75, 3.05) is 60.2 Å². The third-order valence-electron chi connectivity index (χ3n) is 5.76. The van der Waals surface area contributed by atoms with E-state index in [4.69, 9.17) is 14.2 Å². The SMILES string of the molecule is CN(C)C(=O)N1CCC2(CC1)COC(COCC1CCOCC1)C2. The van der Waals surface area contributed by atoms with E-state index >= 15 is 0 Å². The van der Waals surface area contributed by atoms with Gasteiger partial charge < -0.3 is 24.0 Å². The van der Waals surface area contributed by atoms with Gasteiger partial charge in [-0.1, -0.05) is 0 Å². The molecule has 0 aromatic carbocycles. The maximum absolute atomic E-state index is 12.0. The molecule has 1 unspecified atom stereocenters. The van der Waals surface area contributed by atoms with E-state index in [-0.39, 0.29) is 17.6 Å². The molecule has 24 heavy (non-hydrogen) atoms.